The summed E-state index contributed by atoms with van der Waals surface area (Å²) in [6.07, 6.45) is 1.31. The average molecular weight is 232 g/mol. The lowest BCUT2D eigenvalue weighted by molar-refractivity contribution is 0.469. The highest BCUT2D eigenvalue weighted by Gasteiger charge is 2.02. The van der Waals surface area contributed by atoms with E-state index in [1.165, 1.54) is 18.5 Å². The van der Waals surface area contributed by atoms with Crippen LogP contribution in [0.3, 0.4) is 0 Å². The zero-order valence-electron chi connectivity index (χ0n) is 8.97. The first-order valence-corrected chi connectivity index (χ1v) is 5.01. The molecule has 0 bridgehead atoms. The molecule has 0 aliphatic rings. The summed E-state index contributed by atoms with van der Waals surface area (Å²) in [5.74, 6) is 0.590. The zero-order valence-corrected chi connectivity index (χ0v) is 8.97. The Morgan fingerprint density at radius 1 is 1.41 bits per heavy atom. The van der Waals surface area contributed by atoms with Gasteiger partial charge in [-0.2, -0.15) is 0 Å². The molecule has 0 aliphatic carbocycles. The molecule has 1 aromatic carbocycles. The highest BCUT2D eigenvalue weighted by molar-refractivity contribution is 5.48. The number of H-pyrrole nitrogens is 1. The molecule has 0 amide bonds. The number of nitrogens with one attached hydrogen (secondary N) is 2. The second-order valence-corrected chi connectivity index (χ2v) is 3.54. The van der Waals surface area contributed by atoms with E-state index in [1.54, 1.807) is 12.1 Å². The fourth-order valence-electron chi connectivity index (χ4n) is 1.40. The Balaban J connectivity index is 2.12. The van der Waals surface area contributed by atoms with Crippen molar-refractivity contribution >= 4 is 11.5 Å². The number of nitrogen functional groups attached to an aromatic ring is 1. The van der Waals surface area contributed by atoms with Crippen molar-refractivity contribution in [1.29, 1.82) is 0 Å². The number of rotatable bonds is 3. The fourth-order valence-corrected chi connectivity index (χ4v) is 1.40. The highest BCUT2D eigenvalue weighted by atomic mass is 16.3. The molecule has 0 saturated heterocycles. The van der Waals surface area contributed by atoms with Crippen LogP contribution < -0.4 is 16.6 Å². The summed E-state index contributed by atoms with van der Waals surface area (Å²) in [6.45, 7) is 0.341. The average Bonchev–Trinajstić information content (AvgIpc) is 2.30. The van der Waals surface area contributed by atoms with Gasteiger partial charge in [0.2, 0.25) is 0 Å². The number of phenols is 1. The number of nitrogens with zero attached hydrogens (tertiary/aromatic N) is 1. The SMILES string of the molecule is Nc1ccc(O)c(CNc2cc(=O)[nH]cn2)c1. The molecule has 6 nitrogen and oxygen atoms in total. The van der Waals surface area contributed by atoms with Crippen LogP contribution in [0.25, 0.3) is 0 Å². The molecule has 2 aromatic rings. The molecular weight excluding hydrogens is 220 g/mol. The standard InChI is InChI=1S/C11H12N4O2/c12-8-1-2-9(16)7(3-8)5-13-10-4-11(17)15-6-14-10/h1-4,6,16H,5,12H2,(H2,13,14,15,17). The van der Waals surface area contributed by atoms with E-state index < -0.39 is 0 Å². The number of phenolic OH excluding ortho intramolecular Hbond substituents is 1. The first-order chi connectivity index (χ1) is 8.15. The lowest BCUT2D eigenvalue weighted by atomic mass is 10.2. The monoisotopic (exact) mass is 232 g/mol. The van der Waals surface area contributed by atoms with Gasteiger partial charge in [0.1, 0.15) is 11.6 Å². The van der Waals surface area contributed by atoms with Crippen molar-refractivity contribution in [3.8, 4) is 5.75 Å². The van der Waals surface area contributed by atoms with E-state index in [0.29, 0.717) is 23.6 Å². The van der Waals surface area contributed by atoms with Crippen molar-refractivity contribution in [3.05, 3.63) is 46.5 Å². The molecule has 0 saturated carbocycles. The summed E-state index contributed by atoms with van der Waals surface area (Å²) >= 11 is 0. The van der Waals surface area contributed by atoms with Gasteiger partial charge >= 0.3 is 0 Å². The Kier molecular flexibility index (Phi) is 2.95. The van der Waals surface area contributed by atoms with Crippen LogP contribution in [0.2, 0.25) is 0 Å². The third-order valence-electron chi connectivity index (χ3n) is 2.24. The van der Waals surface area contributed by atoms with E-state index in [9.17, 15) is 9.90 Å². The van der Waals surface area contributed by atoms with Gasteiger partial charge in [-0.25, -0.2) is 4.98 Å². The van der Waals surface area contributed by atoms with Gasteiger partial charge < -0.3 is 21.1 Å². The normalized spacial score (nSPS) is 10.1. The molecule has 0 fully saturated rings. The quantitative estimate of drug-likeness (QED) is 0.460. The van der Waals surface area contributed by atoms with Gasteiger partial charge in [0, 0.05) is 23.9 Å². The number of benzene rings is 1. The van der Waals surface area contributed by atoms with Crippen molar-refractivity contribution in [2.45, 2.75) is 6.54 Å². The molecule has 0 spiro atoms. The summed E-state index contributed by atoms with van der Waals surface area (Å²) in [4.78, 5) is 17.4. The number of nitrogens with two attached hydrogens (primary N) is 1. The van der Waals surface area contributed by atoms with Crippen molar-refractivity contribution in [1.82, 2.24) is 9.97 Å². The van der Waals surface area contributed by atoms with E-state index >= 15 is 0 Å². The highest BCUT2D eigenvalue weighted by Crippen LogP contribution is 2.20. The third-order valence-corrected chi connectivity index (χ3v) is 2.24. The number of hydrogen-bond acceptors (Lipinski definition) is 5. The Labute approximate surface area is 97.1 Å². The molecule has 5 N–H and O–H groups in total. The van der Waals surface area contributed by atoms with Crippen LogP contribution in [-0.2, 0) is 6.54 Å². The lowest BCUT2D eigenvalue weighted by Gasteiger charge is -2.07. The molecule has 0 aliphatic heterocycles. The first-order valence-electron chi connectivity index (χ1n) is 5.01. The Morgan fingerprint density at radius 2 is 2.24 bits per heavy atom. The molecular formula is C11H12N4O2. The van der Waals surface area contributed by atoms with Gasteiger partial charge in [-0.15, -0.1) is 0 Å². The van der Waals surface area contributed by atoms with E-state index in [1.807, 2.05) is 0 Å². The van der Waals surface area contributed by atoms with Crippen LogP contribution in [0.5, 0.6) is 5.75 Å². The number of aromatic nitrogens is 2. The maximum Gasteiger partial charge on any atom is 0.252 e. The van der Waals surface area contributed by atoms with E-state index in [-0.39, 0.29) is 11.3 Å². The summed E-state index contributed by atoms with van der Waals surface area (Å²) in [6, 6.07) is 6.14. The second-order valence-electron chi connectivity index (χ2n) is 3.54. The summed E-state index contributed by atoms with van der Waals surface area (Å²) in [7, 11) is 0. The van der Waals surface area contributed by atoms with Crippen LogP contribution >= 0.6 is 0 Å². The number of aromatic amines is 1. The minimum atomic E-state index is -0.237. The molecule has 1 heterocycles. The van der Waals surface area contributed by atoms with Crippen LogP contribution in [0.1, 0.15) is 5.56 Å². The van der Waals surface area contributed by atoms with Crippen LogP contribution in [0, 0.1) is 0 Å². The number of hydrogen-bond donors (Lipinski definition) is 4. The number of anilines is 2. The lowest BCUT2D eigenvalue weighted by Crippen LogP contribution is -2.09. The fraction of sp³-hybridized carbons (Fsp3) is 0.0909. The predicted octanol–water partition coefficient (Wildman–Crippen LogP) is 0.670. The van der Waals surface area contributed by atoms with E-state index in [2.05, 4.69) is 15.3 Å². The summed E-state index contributed by atoms with van der Waals surface area (Å²) in [5, 5.41) is 12.5. The first kappa shape index (κ1) is 11.0. The van der Waals surface area contributed by atoms with Crippen molar-refractivity contribution in [3.63, 3.8) is 0 Å². The zero-order chi connectivity index (χ0) is 12.3. The van der Waals surface area contributed by atoms with Gasteiger partial charge in [0.05, 0.1) is 6.33 Å². The molecule has 0 radical (unpaired) electrons. The molecule has 6 heteroatoms. The largest absolute Gasteiger partial charge is 0.508 e. The van der Waals surface area contributed by atoms with Crippen molar-refractivity contribution in [2.75, 3.05) is 11.1 Å². The van der Waals surface area contributed by atoms with Crippen molar-refractivity contribution in [2.24, 2.45) is 0 Å². The van der Waals surface area contributed by atoms with Gasteiger partial charge in [-0.1, -0.05) is 0 Å². The Hall–Kier alpha value is -2.50. The molecule has 0 unspecified atom stereocenters. The topological polar surface area (TPSA) is 104 Å². The molecule has 1 aromatic heterocycles. The van der Waals surface area contributed by atoms with Crippen LogP contribution in [-0.4, -0.2) is 15.1 Å². The molecule has 88 valence electrons. The van der Waals surface area contributed by atoms with E-state index in [0.717, 1.165) is 0 Å². The maximum absolute atomic E-state index is 11.0. The van der Waals surface area contributed by atoms with Crippen LogP contribution in [0.15, 0.2) is 35.4 Å². The molecule has 17 heavy (non-hydrogen) atoms. The number of aromatic hydroxyl groups is 1. The maximum atomic E-state index is 11.0. The van der Waals surface area contributed by atoms with Gasteiger partial charge in [-0.05, 0) is 18.2 Å². The molecule has 0 atom stereocenters. The van der Waals surface area contributed by atoms with Gasteiger partial charge in [0.15, 0.2) is 0 Å². The Morgan fingerprint density at radius 3 is 3.00 bits per heavy atom. The van der Waals surface area contributed by atoms with Gasteiger partial charge in [-0.3, -0.25) is 4.79 Å². The van der Waals surface area contributed by atoms with Gasteiger partial charge in [0.25, 0.3) is 5.56 Å². The van der Waals surface area contributed by atoms with Crippen LogP contribution in [0.4, 0.5) is 11.5 Å². The minimum Gasteiger partial charge on any atom is -0.508 e. The predicted molar refractivity (Wildman–Crippen MR) is 64.7 cm³/mol. The Bertz CT molecular complexity index is 580. The summed E-state index contributed by atoms with van der Waals surface area (Å²) in [5.41, 5.74) is 6.59. The third kappa shape index (κ3) is 2.75. The van der Waals surface area contributed by atoms with E-state index in [4.69, 9.17) is 5.73 Å². The molecule has 2 rings (SSSR count). The van der Waals surface area contributed by atoms with Crippen molar-refractivity contribution < 1.29 is 5.11 Å². The summed E-state index contributed by atoms with van der Waals surface area (Å²) < 4.78 is 0. The second kappa shape index (κ2) is 4.56. The smallest absolute Gasteiger partial charge is 0.252 e. The minimum absolute atomic E-state index is 0.150.